The highest BCUT2D eigenvalue weighted by Crippen LogP contribution is 2.22. The third-order valence-corrected chi connectivity index (χ3v) is 3.18. The average Bonchev–Trinajstić information content (AvgIpc) is 2.80. The summed E-state index contributed by atoms with van der Waals surface area (Å²) in [5.41, 5.74) is 13.8. The Bertz CT molecular complexity index is 822. The second kappa shape index (κ2) is 4.34. The molecule has 0 saturated carbocycles. The van der Waals surface area contributed by atoms with Gasteiger partial charge in [-0.1, -0.05) is 0 Å². The van der Waals surface area contributed by atoms with Crippen LogP contribution >= 0.6 is 0 Å². The predicted molar refractivity (Wildman–Crippen MR) is 76.5 cm³/mol. The fourth-order valence-electron chi connectivity index (χ4n) is 2.21. The van der Waals surface area contributed by atoms with Crippen LogP contribution in [-0.4, -0.2) is 20.7 Å². The van der Waals surface area contributed by atoms with E-state index in [0.717, 1.165) is 16.5 Å². The number of nitrogens with two attached hydrogens (primary N) is 2. The van der Waals surface area contributed by atoms with Gasteiger partial charge in [0.1, 0.15) is 0 Å². The fraction of sp³-hybridized carbons (Fsp3) is 0.0714. The fourth-order valence-corrected chi connectivity index (χ4v) is 2.21. The minimum absolute atomic E-state index is 0.361. The van der Waals surface area contributed by atoms with Crippen molar-refractivity contribution in [3.05, 3.63) is 47.8 Å². The van der Waals surface area contributed by atoms with Crippen molar-refractivity contribution < 1.29 is 4.79 Å². The van der Waals surface area contributed by atoms with Gasteiger partial charge in [0.25, 0.3) is 5.91 Å². The van der Waals surface area contributed by atoms with Crippen LogP contribution in [0.3, 0.4) is 0 Å². The zero-order valence-electron chi connectivity index (χ0n) is 10.9. The maximum Gasteiger partial charge on any atom is 0.252 e. The number of pyridine rings is 1. The number of rotatable bonds is 2. The van der Waals surface area contributed by atoms with Gasteiger partial charge in [-0.05, 0) is 36.8 Å². The van der Waals surface area contributed by atoms with Crippen LogP contribution in [0.2, 0.25) is 0 Å². The Morgan fingerprint density at radius 1 is 1.30 bits per heavy atom. The molecule has 20 heavy (non-hydrogen) atoms. The number of hydrogen-bond acceptors (Lipinski definition) is 4. The van der Waals surface area contributed by atoms with E-state index in [1.165, 1.54) is 0 Å². The molecule has 2 aromatic heterocycles. The van der Waals surface area contributed by atoms with Crippen LogP contribution in [0.15, 0.2) is 36.7 Å². The number of nitrogen functional groups attached to an aromatic ring is 1. The molecule has 0 aliphatic heterocycles. The molecule has 0 radical (unpaired) electrons. The largest absolute Gasteiger partial charge is 0.399 e. The van der Waals surface area contributed by atoms with E-state index >= 15 is 0 Å². The van der Waals surface area contributed by atoms with Gasteiger partial charge in [-0.3, -0.25) is 4.79 Å². The van der Waals surface area contributed by atoms with Gasteiger partial charge in [0.2, 0.25) is 0 Å². The van der Waals surface area contributed by atoms with E-state index < -0.39 is 5.91 Å². The summed E-state index contributed by atoms with van der Waals surface area (Å²) >= 11 is 0. The first-order valence-electron chi connectivity index (χ1n) is 6.07. The Balaban J connectivity index is 2.34. The maximum atomic E-state index is 11.7. The molecule has 1 aromatic carbocycles. The number of fused-ring (bicyclic) bond motifs is 1. The summed E-state index contributed by atoms with van der Waals surface area (Å²) in [6.45, 7) is 1.81. The molecule has 0 spiro atoms. The number of carbonyl (C=O) groups excluding carboxylic acids is 1. The molecular formula is C14H13N5O. The molecule has 1 amide bonds. The van der Waals surface area contributed by atoms with Gasteiger partial charge in [0.15, 0.2) is 5.82 Å². The van der Waals surface area contributed by atoms with Crippen molar-refractivity contribution in [1.29, 1.82) is 0 Å². The first kappa shape index (κ1) is 12.2. The Labute approximate surface area is 115 Å². The van der Waals surface area contributed by atoms with Crippen molar-refractivity contribution in [3.8, 4) is 5.82 Å². The Kier molecular flexibility index (Phi) is 2.64. The maximum absolute atomic E-state index is 11.7. The minimum Gasteiger partial charge on any atom is -0.399 e. The molecule has 0 aliphatic rings. The summed E-state index contributed by atoms with van der Waals surface area (Å²) in [7, 11) is 0. The lowest BCUT2D eigenvalue weighted by Crippen LogP contribution is -2.18. The quantitative estimate of drug-likeness (QED) is 0.685. The van der Waals surface area contributed by atoms with E-state index in [1.807, 2.05) is 13.0 Å². The number of aromatic nitrogens is 3. The van der Waals surface area contributed by atoms with E-state index in [-0.39, 0.29) is 0 Å². The van der Waals surface area contributed by atoms with Crippen LogP contribution in [0.1, 0.15) is 15.9 Å². The lowest BCUT2D eigenvalue weighted by Gasteiger charge is -2.09. The van der Waals surface area contributed by atoms with Crippen molar-refractivity contribution in [2.75, 3.05) is 5.73 Å². The number of amides is 1. The van der Waals surface area contributed by atoms with E-state index in [9.17, 15) is 4.79 Å². The summed E-state index contributed by atoms with van der Waals surface area (Å²) in [4.78, 5) is 15.9. The molecule has 2 heterocycles. The molecule has 6 heteroatoms. The number of primary amides is 1. The first-order chi connectivity index (χ1) is 9.58. The normalized spacial score (nSPS) is 10.8. The van der Waals surface area contributed by atoms with E-state index in [1.54, 1.807) is 35.3 Å². The SMILES string of the molecule is Cc1ccnc(-n2ncc3ccc(N)cc32)c1C(N)=O. The summed E-state index contributed by atoms with van der Waals surface area (Å²) in [6.07, 6.45) is 3.32. The third-order valence-electron chi connectivity index (χ3n) is 3.18. The third kappa shape index (κ3) is 1.78. The zero-order chi connectivity index (χ0) is 14.3. The standard InChI is InChI=1S/C14H13N5O/c1-8-4-5-17-14(12(8)13(16)20)19-11-6-10(15)3-2-9(11)7-18-19/h2-7H,15H2,1H3,(H2,16,20). The number of nitrogens with zero attached hydrogens (tertiary/aromatic N) is 3. The molecule has 0 atom stereocenters. The van der Waals surface area contributed by atoms with Gasteiger partial charge in [-0.15, -0.1) is 0 Å². The molecular weight excluding hydrogens is 254 g/mol. The van der Waals surface area contributed by atoms with E-state index in [2.05, 4.69) is 10.1 Å². The number of aryl methyl sites for hydroxylation is 1. The van der Waals surface area contributed by atoms with Gasteiger partial charge in [0.05, 0.1) is 17.3 Å². The molecule has 0 aliphatic carbocycles. The summed E-state index contributed by atoms with van der Waals surface area (Å²) in [6, 6.07) is 7.20. The van der Waals surface area contributed by atoms with Crippen molar-refractivity contribution in [3.63, 3.8) is 0 Å². The number of benzene rings is 1. The molecule has 6 nitrogen and oxygen atoms in total. The molecule has 100 valence electrons. The van der Waals surface area contributed by atoms with Crippen LogP contribution in [0.4, 0.5) is 5.69 Å². The molecule has 0 bridgehead atoms. The van der Waals surface area contributed by atoms with Gasteiger partial charge in [0, 0.05) is 17.3 Å². The van der Waals surface area contributed by atoms with Crippen molar-refractivity contribution in [2.24, 2.45) is 5.73 Å². The Morgan fingerprint density at radius 3 is 2.85 bits per heavy atom. The second-order valence-corrected chi connectivity index (χ2v) is 4.57. The van der Waals surface area contributed by atoms with Crippen LogP contribution in [0.25, 0.3) is 16.7 Å². The highest BCUT2D eigenvalue weighted by atomic mass is 16.1. The van der Waals surface area contributed by atoms with Gasteiger partial charge >= 0.3 is 0 Å². The van der Waals surface area contributed by atoms with Crippen molar-refractivity contribution >= 4 is 22.5 Å². The van der Waals surface area contributed by atoms with E-state index in [0.29, 0.717) is 17.1 Å². The summed E-state index contributed by atoms with van der Waals surface area (Å²) in [5, 5.41) is 5.20. The minimum atomic E-state index is -0.529. The Hall–Kier alpha value is -2.89. The highest BCUT2D eigenvalue weighted by Gasteiger charge is 2.16. The van der Waals surface area contributed by atoms with Gasteiger partial charge < -0.3 is 11.5 Å². The lowest BCUT2D eigenvalue weighted by atomic mass is 10.1. The van der Waals surface area contributed by atoms with Gasteiger partial charge in [-0.2, -0.15) is 5.10 Å². The molecule has 0 saturated heterocycles. The second-order valence-electron chi connectivity index (χ2n) is 4.57. The van der Waals surface area contributed by atoms with Crippen LogP contribution < -0.4 is 11.5 Å². The first-order valence-corrected chi connectivity index (χ1v) is 6.07. The van der Waals surface area contributed by atoms with Crippen LogP contribution in [0.5, 0.6) is 0 Å². The molecule has 0 unspecified atom stereocenters. The number of hydrogen-bond donors (Lipinski definition) is 2. The van der Waals surface area contributed by atoms with Crippen molar-refractivity contribution in [2.45, 2.75) is 6.92 Å². The number of carbonyl (C=O) groups is 1. The van der Waals surface area contributed by atoms with E-state index in [4.69, 9.17) is 11.5 Å². The molecule has 3 aromatic rings. The molecule has 0 fully saturated rings. The number of anilines is 1. The average molecular weight is 267 g/mol. The zero-order valence-corrected chi connectivity index (χ0v) is 10.9. The Morgan fingerprint density at radius 2 is 2.10 bits per heavy atom. The summed E-state index contributed by atoms with van der Waals surface area (Å²) < 4.78 is 1.58. The predicted octanol–water partition coefficient (Wildman–Crippen LogP) is 1.41. The summed E-state index contributed by atoms with van der Waals surface area (Å²) in [5.74, 6) is -0.115. The van der Waals surface area contributed by atoms with Crippen LogP contribution in [0, 0.1) is 6.92 Å². The topological polar surface area (TPSA) is 99.8 Å². The molecule has 4 N–H and O–H groups in total. The highest BCUT2D eigenvalue weighted by molar-refractivity contribution is 5.98. The van der Waals surface area contributed by atoms with Crippen LogP contribution in [-0.2, 0) is 0 Å². The smallest absolute Gasteiger partial charge is 0.252 e. The van der Waals surface area contributed by atoms with Crippen molar-refractivity contribution in [1.82, 2.24) is 14.8 Å². The molecule has 3 rings (SSSR count). The monoisotopic (exact) mass is 267 g/mol. The lowest BCUT2D eigenvalue weighted by molar-refractivity contribution is 0.0999. The van der Waals surface area contributed by atoms with Gasteiger partial charge in [-0.25, -0.2) is 9.67 Å².